The number of primary sulfonamides is 1. The smallest absolute Gasteiger partial charge is 0.270 e. The number of nitrogens with one attached hydrogen (secondary N) is 3. The summed E-state index contributed by atoms with van der Waals surface area (Å²) >= 11 is 0.932. The highest BCUT2D eigenvalue weighted by atomic mass is 32.2. The van der Waals surface area contributed by atoms with Crippen molar-refractivity contribution in [2.75, 3.05) is 27.9 Å². The minimum atomic E-state index is -3.92. The van der Waals surface area contributed by atoms with Gasteiger partial charge in [-0.1, -0.05) is 12.1 Å². The first kappa shape index (κ1) is 31.0. The Morgan fingerprint density at radius 3 is 2.23 bits per heavy atom. The van der Waals surface area contributed by atoms with E-state index in [2.05, 4.69) is 25.9 Å². The molecule has 0 unspecified atom stereocenters. The predicted octanol–water partition coefficient (Wildman–Crippen LogP) is 4.63. The van der Waals surface area contributed by atoms with Crippen LogP contribution in [0.1, 0.15) is 19.4 Å². The van der Waals surface area contributed by atoms with Gasteiger partial charge in [0.1, 0.15) is 17.4 Å². The van der Waals surface area contributed by atoms with Gasteiger partial charge in [-0.15, -0.1) is 9.32 Å². The molecule has 1 aliphatic heterocycles. The normalized spacial score (nSPS) is 14.0. The zero-order chi connectivity index (χ0) is 31.6. The number of hydrogen-bond acceptors (Lipinski definition) is 13. The van der Waals surface area contributed by atoms with Gasteiger partial charge in [0.25, 0.3) is 5.91 Å². The Labute approximate surface area is 258 Å². The maximum atomic E-state index is 12.8. The Morgan fingerprint density at radius 1 is 0.932 bits per heavy atom. The van der Waals surface area contributed by atoms with Crippen LogP contribution in [0.4, 0.5) is 40.3 Å². The van der Waals surface area contributed by atoms with Gasteiger partial charge in [-0.05, 0) is 75.4 Å². The molecule has 3 aromatic carbocycles. The maximum absolute atomic E-state index is 12.8. The van der Waals surface area contributed by atoms with Gasteiger partial charge in [-0.3, -0.25) is 4.79 Å². The molecule has 1 aliphatic rings. The molecule has 5 rings (SSSR count). The minimum absolute atomic E-state index is 0.0537. The minimum Gasteiger partial charge on any atom is -0.476 e. The van der Waals surface area contributed by atoms with E-state index in [0.717, 1.165) is 12.0 Å². The molecule has 7 N–H and O–H groups in total. The SMILES string of the molecule is Cc1c(Nc2cccc(SOON)c2)nc(Nc2ccc3c(c2)N(C)C(=O)C(C)(C)O3)nc1Nc1cccc(S(N)(=O)=O)c1. The van der Waals surface area contributed by atoms with E-state index < -0.39 is 15.6 Å². The molecule has 0 bridgehead atoms. The summed E-state index contributed by atoms with van der Waals surface area (Å²) in [6.07, 6.45) is 0. The summed E-state index contributed by atoms with van der Waals surface area (Å²) in [5.74, 6) is 6.38. The number of hydrogen-bond donors (Lipinski definition) is 5. The summed E-state index contributed by atoms with van der Waals surface area (Å²) in [6, 6.07) is 18.7. The lowest BCUT2D eigenvalue weighted by molar-refractivity contribution is -0.195. The number of nitrogens with zero attached hydrogens (tertiary/aromatic N) is 3. The number of aromatic nitrogens is 2. The van der Waals surface area contributed by atoms with Crippen molar-refractivity contribution in [3.05, 3.63) is 72.3 Å². The van der Waals surface area contributed by atoms with Crippen LogP contribution < -0.4 is 36.6 Å². The van der Waals surface area contributed by atoms with Crippen molar-refractivity contribution in [3.8, 4) is 5.75 Å². The van der Waals surface area contributed by atoms with E-state index in [1.165, 1.54) is 12.1 Å². The fraction of sp³-hybridized carbons (Fsp3) is 0.179. The monoisotopic (exact) mass is 638 g/mol. The van der Waals surface area contributed by atoms with Crippen LogP contribution in [0.25, 0.3) is 0 Å². The molecule has 0 radical (unpaired) electrons. The number of sulfonamides is 1. The third kappa shape index (κ3) is 6.85. The molecule has 16 heteroatoms. The maximum Gasteiger partial charge on any atom is 0.270 e. The highest BCUT2D eigenvalue weighted by Gasteiger charge is 2.39. The molecule has 14 nitrogen and oxygen atoms in total. The molecule has 0 spiro atoms. The number of carbonyl (C=O) groups excluding carboxylic acids is 1. The zero-order valence-corrected chi connectivity index (χ0v) is 25.7. The summed E-state index contributed by atoms with van der Waals surface area (Å²) in [4.78, 5) is 28.5. The predicted molar refractivity (Wildman–Crippen MR) is 168 cm³/mol. The molecule has 44 heavy (non-hydrogen) atoms. The van der Waals surface area contributed by atoms with Gasteiger partial charge in [0.05, 0.1) is 22.6 Å². The lowest BCUT2D eigenvalue weighted by Crippen LogP contribution is -2.50. The second kappa shape index (κ2) is 12.3. The molecule has 0 aliphatic carbocycles. The van der Waals surface area contributed by atoms with Gasteiger partial charge < -0.3 is 25.6 Å². The van der Waals surface area contributed by atoms with E-state index in [1.807, 2.05) is 18.2 Å². The first-order valence-electron chi connectivity index (χ1n) is 13.1. The second-order valence-corrected chi connectivity index (χ2v) is 12.6. The van der Waals surface area contributed by atoms with E-state index in [-0.39, 0.29) is 16.8 Å². The Bertz CT molecular complexity index is 1840. The van der Waals surface area contributed by atoms with Crippen molar-refractivity contribution < 1.29 is 27.3 Å². The van der Waals surface area contributed by atoms with Gasteiger partial charge in [0, 0.05) is 34.6 Å². The zero-order valence-electron chi connectivity index (χ0n) is 24.1. The van der Waals surface area contributed by atoms with E-state index in [9.17, 15) is 13.2 Å². The van der Waals surface area contributed by atoms with Crippen LogP contribution in [0, 0.1) is 6.92 Å². The Kier molecular flexibility index (Phi) is 8.64. The molecule has 230 valence electrons. The van der Waals surface area contributed by atoms with Crippen LogP contribution in [0.2, 0.25) is 0 Å². The third-order valence-electron chi connectivity index (χ3n) is 6.60. The molecule has 4 aromatic rings. The van der Waals surface area contributed by atoms with Crippen LogP contribution in [0.15, 0.2) is 76.5 Å². The highest BCUT2D eigenvalue weighted by molar-refractivity contribution is 7.94. The number of fused-ring (bicyclic) bond motifs is 1. The molecule has 2 heterocycles. The molecule has 1 aromatic heterocycles. The topological polar surface area (TPSA) is 196 Å². The summed E-state index contributed by atoms with van der Waals surface area (Å²) in [6.45, 7) is 5.24. The van der Waals surface area contributed by atoms with Gasteiger partial charge >= 0.3 is 0 Å². The number of ether oxygens (including phenoxy) is 1. The molecule has 0 fully saturated rings. The Morgan fingerprint density at radius 2 is 1.57 bits per heavy atom. The van der Waals surface area contributed by atoms with Gasteiger partial charge in [-0.25, -0.2) is 13.6 Å². The lowest BCUT2D eigenvalue weighted by Gasteiger charge is -2.37. The van der Waals surface area contributed by atoms with Gasteiger partial charge in [0.15, 0.2) is 5.60 Å². The van der Waals surface area contributed by atoms with Crippen molar-refractivity contribution in [1.29, 1.82) is 0 Å². The average Bonchev–Trinajstić information content (AvgIpc) is 2.97. The average molecular weight is 639 g/mol. The van der Waals surface area contributed by atoms with Gasteiger partial charge in [-0.2, -0.15) is 15.9 Å². The Balaban J connectivity index is 1.52. The largest absolute Gasteiger partial charge is 0.476 e. The number of nitrogens with two attached hydrogens (primary N) is 2. The molecule has 0 saturated carbocycles. The van der Waals surface area contributed by atoms with Crippen LogP contribution in [-0.4, -0.2) is 36.9 Å². The first-order chi connectivity index (χ1) is 20.8. The highest BCUT2D eigenvalue weighted by Crippen LogP contribution is 2.39. The van der Waals surface area contributed by atoms with Crippen molar-refractivity contribution in [3.63, 3.8) is 0 Å². The summed E-state index contributed by atoms with van der Waals surface area (Å²) < 4.78 is 34.5. The number of amides is 1. The molecule has 0 saturated heterocycles. The molecule has 1 amide bonds. The Hall–Kier alpha value is -4.45. The molecular formula is C28H30N8O6S2. The quantitative estimate of drug-likeness (QED) is 0.0917. The summed E-state index contributed by atoms with van der Waals surface area (Å²) in [5, 5.41) is 15.0. The van der Waals surface area contributed by atoms with Crippen molar-refractivity contribution in [2.45, 2.75) is 36.2 Å². The standard InChI is InChI=1S/C28H30N8O6S2/c1-16-24(31-17-7-5-9-20(13-17)43-42-41-29)34-27(35-25(16)32-18-8-6-10-21(14-18)44(30,38)39)33-19-11-12-23-22(15-19)36(4)26(37)28(2,3)40-23/h5-15H,29H2,1-4H3,(H2,30,38,39)(H3,31,32,33,34,35). The van der Waals surface area contributed by atoms with E-state index in [4.69, 9.17) is 25.1 Å². The number of carbonyl (C=O) groups is 1. The lowest BCUT2D eigenvalue weighted by atomic mass is 10.0. The molecule has 0 atom stereocenters. The van der Waals surface area contributed by atoms with Crippen LogP contribution in [0.3, 0.4) is 0 Å². The summed E-state index contributed by atoms with van der Waals surface area (Å²) in [7, 11) is -2.24. The van der Waals surface area contributed by atoms with Crippen LogP contribution >= 0.6 is 12.0 Å². The van der Waals surface area contributed by atoms with Crippen molar-refractivity contribution in [1.82, 2.24) is 9.97 Å². The van der Waals surface area contributed by atoms with Gasteiger partial charge in [0.2, 0.25) is 16.0 Å². The first-order valence-corrected chi connectivity index (χ1v) is 15.4. The number of rotatable bonds is 10. The van der Waals surface area contributed by atoms with E-state index in [1.54, 1.807) is 69.1 Å². The number of benzene rings is 3. The van der Waals surface area contributed by atoms with Crippen molar-refractivity contribution in [2.24, 2.45) is 11.0 Å². The van der Waals surface area contributed by atoms with Crippen LogP contribution in [0.5, 0.6) is 5.75 Å². The summed E-state index contributed by atoms with van der Waals surface area (Å²) in [5.41, 5.74) is 1.95. The second-order valence-electron chi connectivity index (χ2n) is 10.3. The number of anilines is 7. The third-order valence-corrected chi connectivity index (χ3v) is 8.10. The molecular weight excluding hydrogens is 608 g/mol. The fourth-order valence-corrected chi connectivity index (χ4v) is 5.42. The fourth-order valence-electron chi connectivity index (χ4n) is 4.43. The number of likely N-dealkylation sites (N-methyl/N-ethyl adjacent to an activating group) is 1. The van der Waals surface area contributed by atoms with E-state index in [0.29, 0.717) is 50.6 Å². The van der Waals surface area contributed by atoms with Crippen molar-refractivity contribution >= 4 is 68.3 Å². The van der Waals surface area contributed by atoms with E-state index >= 15 is 0 Å². The van der Waals surface area contributed by atoms with Crippen LogP contribution in [-0.2, 0) is 24.1 Å².